The van der Waals surface area contributed by atoms with Crippen molar-refractivity contribution in [2.45, 2.75) is 0 Å². The average molecular weight is 249 g/mol. The van der Waals surface area contributed by atoms with Crippen molar-refractivity contribution >= 4 is 23.1 Å². The van der Waals surface area contributed by atoms with E-state index in [0.717, 1.165) is 5.56 Å². The first kappa shape index (κ1) is 11.4. The zero-order valence-electron chi connectivity index (χ0n) is 10.1. The van der Waals surface area contributed by atoms with Gasteiger partial charge in [0.1, 0.15) is 0 Å². The molecule has 0 amide bonds. The molecule has 0 aliphatic rings. The van der Waals surface area contributed by atoms with Gasteiger partial charge in [0.25, 0.3) is 0 Å². The second kappa shape index (κ2) is 4.90. The molecule has 2 aromatic carbocycles. The first-order valence-electron chi connectivity index (χ1n) is 5.96. The quantitative estimate of drug-likeness (QED) is 0.699. The maximum Gasteiger partial charge on any atom is 0.347 e. The summed E-state index contributed by atoms with van der Waals surface area (Å²) in [5, 5.41) is 0.499. The topological polar surface area (TPSA) is 43.1 Å². The molecule has 1 aromatic heterocycles. The summed E-state index contributed by atoms with van der Waals surface area (Å²) in [4.78, 5) is 16.1. The predicted octanol–water partition coefficient (Wildman–Crippen LogP) is 3.36. The number of benzene rings is 2. The summed E-state index contributed by atoms with van der Waals surface area (Å²) in [5.41, 5.74) is 1.31. The fourth-order valence-electron chi connectivity index (χ4n) is 1.84. The number of para-hydroxylation sites is 1. The molecule has 0 aliphatic carbocycles. The van der Waals surface area contributed by atoms with E-state index >= 15 is 0 Å². The van der Waals surface area contributed by atoms with Crippen LogP contribution >= 0.6 is 0 Å². The van der Waals surface area contributed by atoms with Crippen molar-refractivity contribution in [1.82, 2.24) is 4.98 Å². The highest BCUT2D eigenvalue weighted by molar-refractivity contribution is 5.78. The van der Waals surface area contributed by atoms with Gasteiger partial charge in [0.05, 0.1) is 10.9 Å². The van der Waals surface area contributed by atoms with Gasteiger partial charge < -0.3 is 4.42 Å². The van der Waals surface area contributed by atoms with Crippen molar-refractivity contribution in [2.75, 3.05) is 0 Å². The van der Waals surface area contributed by atoms with Crippen molar-refractivity contribution < 1.29 is 4.42 Å². The van der Waals surface area contributed by atoms with E-state index in [1.165, 1.54) is 0 Å². The lowest BCUT2D eigenvalue weighted by molar-refractivity contribution is 0.491. The molecule has 0 aliphatic heterocycles. The standard InChI is InChI=1S/C16H11NO2/c18-16-13-8-4-5-9-14(13)17-15(19-16)11-10-12-6-2-1-3-7-12/h1-11H. The zero-order chi connectivity index (χ0) is 13.1. The molecule has 0 unspecified atom stereocenters. The lowest BCUT2D eigenvalue weighted by Crippen LogP contribution is -2.02. The van der Waals surface area contributed by atoms with Crippen molar-refractivity contribution in [3.8, 4) is 0 Å². The first-order valence-corrected chi connectivity index (χ1v) is 5.96. The van der Waals surface area contributed by atoms with E-state index in [1.807, 2.05) is 42.5 Å². The first-order chi connectivity index (χ1) is 9.33. The maximum atomic E-state index is 11.8. The molecule has 19 heavy (non-hydrogen) atoms. The highest BCUT2D eigenvalue weighted by atomic mass is 16.4. The van der Waals surface area contributed by atoms with E-state index in [-0.39, 0.29) is 5.63 Å². The molecule has 0 spiro atoms. The van der Waals surface area contributed by atoms with Crippen LogP contribution in [0.15, 0.2) is 63.8 Å². The van der Waals surface area contributed by atoms with Crippen molar-refractivity contribution in [2.24, 2.45) is 0 Å². The predicted molar refractivity (Wildman–Crippen MR) is 75.6 cm³/mol. The van der Waals surface area contributed by atoms with Gasteiger partial charge in [0.15, 0.2) is 0 Å². The summed E-state index contributed by atoms with van der Waals surface area (Å²) in [6.45, 7) is 0. The number of rotatable bonds is 2. The highest BCUT2D eigenvalue weighted by Crippen LogP contribution is 2.10. The smallest absolute Gasteiger partial charge is 0.347 e. The average Bonchev–Trinajstić information content (AvgIpc) is 2.46. The lowest BCUT2D eigenvalue weighted by Gasteiger charge is -1.96. The summed E-state index contributed by atoms with van der Waals surface area (Å²) in [6.07, 6.45) is 3.56. The second-order valence-electron chi connectivity index (χ2n) is 4.10. The Morgan fingerprint density at radius 3 is 2.47 bits per heavy atom. The fraction of sp³-hybridized carbons (Fsp3) is 0. The minimum Gasteiger partial charge on any atom is -0.404 e. The van der Waals surface area contributed by atoms with Crippen LogP contribution in [0, 0.1) is 0 Å². The number of hydrogen-bond donors (Lipinski definition) is 0. The van der Waals surface area contributed by atoms with Crippen molar-refractivity contribution in [1.29, 1.82) is 0 Å². The Morgan fingerprint density at radius 1 is 0.895 bits per heavy atom. The van der Waals surface area contributed by atoms with Gasteiger partial charge in [-0.15, -0.1) is 0 Å². The van der Waals surface area contributed by atoms with Gasteiger partial charge in [-0.3, -0.25) is 0 Å². The summed E-state index contributed by atoms with van der Waals surface area (Å²) in [6, 6.07) is 16.9. The number of aromatic nitrogens is 1. The molecule has 0 fully saturated rings. The van der Waals surface area contributed by atoms with Crippen LogP contribution in [-0.2, 0) is 0 Å². The highest BCUT2D eigenvalue weighted by Gasteiger charge is 2.02. The molecule has 0 atom stereocenters. The Labute approximate surface area is 109 Å². The monoisotopic (exact) mass is 249 g/mol. The minimum atomic E-state index is -0.363. The molecular weight excluding hydrogens is 238 g/mol. The van der Waals surface area contributed by atoms with E-state index in [4.69, 9.17) is 4.42 Å². The Kier molecular flexibility index (Phi) is 2.94. The van der Waals surface area contributed by atoms with Crippen LogP contribution in [0.1, 0.15) is 11.5 Å². The van der Waals surface area contributed by atoms with Gasteiger partial charge in [0, 0.05) is 6.08 Å². The number of nitrogens with zero attached hydrogens (tertiary/aromatic N) is 1. The normalized spacial score (nSPS) is 11.2. The summed E-state index contributed by atoms with van der Waals surface area (Å²) < 4.78 is 5.16. The molecule has 0 bridgehead atoms. The van der Waals surface area contributed by atoms with Gasteiger partial charge in [0.2, 0.25) is 5.89 Å². The molecule has 0 N–H and O–H groups in total. The minimum absolute atomic E-state index is 0.313. The summed E-state index contributed by atoms with van der Waals surface area (Å²) in [5.74, 6) is 0.313. The van der Waals surface area contributed by atoms with Gasteiger partial charge in [-0.1, -0.05) is 42.5 Å². The van der Waals surface area contributed by atoms with Crippen LogP contribution in [-0.4, -0.2) is 4.98 Å². The molecule has 3 heteroatoms. The van der Waals surface area contributed by atoms with E-state index in [9.17, 15) is 4.79 Å². The van der Waals surface area contributed by atoms with Crippen LogP contribution in [0.5, 0.6) is 0 Å². The van der Waals surface area contributed by atoms with Gasteiger partial charge in [-0.05, 0) is 23.8 Å². The van der Waals surface area contributed by atoms with Crippen LogP contribution in [0.4, 0.5) is 0 Å². The zero-order valence-corrected chi connectivity index (χ0v) is 10.1. The van der Waals surface area contributed by atoms with Crippen molar-refractivity contribution in [3.05, 3.63) is 76.5 Å². The Bertz CT molecular complexity index is 788. The molecule has 3 rings (SSSR count). The molecule has 1 heterocycles. The second-order valence-corrected chi connectivity index (χ2v) is 4.10. The van der Waals surface area contributed by atoms with Crippen LogP contribution in [0.3, 0.4) is 0 Å². The molecule has 0 saturated heterocycles. The number of fused-ring (bicyclic) bond motifs is 1. The third-order valence-corrected chi connectivity index (χ3v) is 2.77. The Balaban J connectivity index is 2.02. The maximum absolute atomic E-state index is 11.8. The van der Waals surface area contributed by atoms with E-state index in [2.05, 4.69) is 4.98 Å². The van der Waals surface area contributed by atoms with Gasteiger partial charge in [-0.2, -0.15) is 0 Å². The van der Waals surface area contributed by atoms with Gasteiger partial charge in [-0.25, -0.2) is 9.78 Å². The van der Waals surface area contributed by atoms with Crippen LogP contribution < -0.4 is 5.63 Å². The lowest BCUT2D eigenvalue weighted by atomic mass is 10.2. The molecule has 0 radical (unpaired) electrons. The summed E-state index contributed by atoms with van der Waals surface area (Å²) >= 11 is 0. The SMILES string of the molecule is O=c1oc(C=Cc2ccccc2)nc2ccccc12. The van der Waals surface area contributed by atoms with Gasteiger partial charge >= 0.3 is 5.63 Å². The molecule has 0 saturated carbocycles. The molecular formula is C16H11NO2. The van der Waals surface area contributed by atoms with E-state index in [0.29, 0.717) is 16.8 Å². The third-order valence-electron chi connectivity index (χ3n) is 2.77. The van der Waals surface area contributed by atoms with Crippen LogP contribution in [0.2, 0.25) is 0 Å². The van der Waals surface area contributed by atoms with Crippen LogP contribution in [0.25, 0.3) is 23.1 Å². The molecule has 3 aromatic rings. The number of hydrogen-bond acceptors (Lipinski definition) is 3. The fourth-order valence-corrected chi connectivity index (χ4v) is 1.84. The third kappa shape index (κ3) is 2.45. The molecule has 92 valence electrons. The Morgan fingerprint density at radius 2 is 1.63 bits per heavy atom. The van der Waals surface area contributed by atoms with Crippen molar-refractivity contribution in [3.63, 3.8) is 0 Å². The summed E-state index contributed by atoms with van der Waals surface area (Å²) in [7, 11) is 0. The molecule has 3 nitrogen and oxygen atoms in total. The van der Waals surface area contributed by atoms with E-state index in [1.54, 1.807) is 24.3 Å². The Hall–Kier alpha value is -2.68. The largest absolute Gasteiger partial charge is 0.404 e. The van der Waals surface area contributed by atoms with E-state index < -0.39 is 0 Å².